The Morgan fingerprint density at radius 2 is 2.21 bits per heavy atom. The summed E-state index contributed by atoms with van der Waals surface area (Å²) in [6.07, 6.45) is 1.51. The number of hydrogen-bond donors (Lipinski definition) is 2. The zero-order chi connectivity index (χ0) is 14.4. The summed E-state index contributed by atoms with van der Waals surface area (Å²) in [4.78, 5) is 21.7. The maximum absolute atomic E-state index is 11.7. The normalized spacial score (nSPS) is 10.4. The van der Waals surface area contributed by atoms with Gasteiger partial charge in [-0.25, -0.2) is 4.98 Å². The van der Waals surface area contributed by atoms with Crippen LogP contribution in [0.15, 0.2) is 6.20 Å². The molecule has 2 N–H and O–H groups in total. The molecule has 0 aliphatic carbocycles. The smallest absolute Gasteiger partial charge is 0.239 e. The highest BCUT2D eigenvalue weighted by atomic mass is 35.5. The van der Waals surface area contributed by atoms with E-state index in [9.17, 15) is 4.79 Å². The van der Waals surface area contributed by atoms with Gasteiger partial charge in [0.05, 0.1) is 12.7 Å². The van der Waals surface area contributed by atoms with Gasteiger partial charge in [-0.2, -0.15) is 4.98 Å². The van der Waals surface area contributed by atoms with Crippen molar-refractivity contribution in [2.24, 2.45) is 5.92 Å². The summed E-state index contributed by atoms with van der Waals surface area (Å²) in [5.74, 6) is 1.36. The number of anilines is 2. The number of hydrogen-bond acceptors (Lipinski definition) is 5. The SMILES string of the molecule is CNc1ncc(Cl)c(N(C)CC(=O)NCC(C)C)n1. The number of nitrogens with one attached hydrogen (secondary N) is 2. The van der Waals surface area contributed by atoms with Gasteiger partial charge in [0.1, 0.15) is 5.02 Å². The molecule has 1 amide bonds. The number of likely N-dealkylation sites (N-methyl/N-ethyl adjacent to an activating group) is 1. The van der Waals surface area contributed by atoms with E-state index in [0.717, 1.165) is 0 Å². The van der Waals surface area contributed by atoms with E-state index < -0.39 is 0 Å². The summed E-state index contributed by atoms with van der Waals surface area (Å²) in [7, 11) is 3.49. The molecule has 0 spiro atoms. The van der Waals surface area contributed by atoms with Crippen LogP contribution in [0, 0.1) is 5.92 Å². The van der Waals surface area contributed by atoms with Gasteiger partial charge in [0.2, 0.25) is 11.9 Å². The second-order valence-electron chi connectivity index (χ2n) is 4.67. The molecule has 7 heteroatoms. The minimum absolute atomic E-state index is 0.0584. The molecule has 1 aromatic heterocycles. The van der Waals surface area contributed by atoms with Crippen LogP contribution in [0.4, 0.5) is 11.8 Å². The highest BCUT2D eigenvalue weighted by Crippen LogP contribution is 2.22. The molecule has 19 heavy (non-hydrogen) atoms. The molecule has 1 rings (SSSR count). The van der Waals surface area contributed by atoms with Crippen LogP contribution in [0.5, 0.6) is 0 Å². The molecule has 0 atom stereocenters. The zero-order valence-electron chi connectivity index (χ0n) is 11.7. The topological polar surface area (TPSA) is 70.2 Å². The van der Waals surface area contributed by atoms with Crippen LogP contribution in [0.1, 0.15) is 13.8 Å². The average molecular weight is 286 g/mol. The lowest BCUT2D eigenvalue weighted by molar-refractivity contribution is -0.119. The number of carbonyl (C=O) groups excluding carboxylic acids is 1. The molecule has 0 radical (unpaired) electrons. The number of rotatable bonds is 6. The van der Waals surface area contributed by atoms with Crippen molar-refractivity contribution in [2.75, 3.05) is 37.4 Å². The van der Waals surface area contributed by atoms with Gasteiger partial charge in [-0.3, -0.25) is 4.79 Å². The molecule has 0 fully saturated rings. The van der Waals surface area contributed by atoms with E-state index in [1.165, 1.54) is 6.20 Å². The summed E-state index contributed by atoms with van der Waals surface area (Å²) in [5.41, 5.74) is 0. The Morgan fingerprint density at radius 3 is 2.79 bits per heavy atom. The molecule has 1 aromatic rings. The van der Waals surface area contributed by atoms with Gasteiger partial charge >= 0.3 is 0 Å². The fourth-order valence-corrected chi connectivity index (χ4v) is 1.65. The summed E-state index contributed by atoms with van der Waals surface area (Å²) in [6, 6.07) is 0. The summed E-state index contributed by atoms with van der Waals surface area (Å²) in [6.45, 7) is 4.95. The Labute approximate surface area is 118 Å². The third kappa shape index (κ3) is 4.90. The zero-order valence-corrected chi connectivity index (χ0v) is 12.5. The summed E-state index contributed by atoms with van der Waals surface area (Å²) in [5, 5.41) is 6.10. The van der Waals surface area contributed by atoms with Gasteiger partial charge in [-0.05, 0) is 5.92 Å². The first-order chi connectivity index (χ1) is 8.93. The molecule has 0 unspecified atom stereocenters. The van der Waals surface area contributed by atoms with E-state index in [1.807, 2.05) is 13.8 Å². The Balaban J connectivity index is 2.67. The maximum Gasteiger partial charge on any atom is 0.239 e. The molecule has 0 saturated carbocycles. The van der Waals surface area contributed by atoms with Crippen molar-refractivity contribution in [3.05, 3.63) is 11.2 Å². The third-order valence-corrected chi connectivity index (χ3v) is 2.67. The van der Waals surface area contributed by atoms with Crippen LogP contribution in [0.2, 0.25) is 5.02 Å². The summed E-state index contributed by atoms with van der Waals surface area (Å²) < 4.78 is 0. The van der Waals surface area contributed by atoms with Crippen LogP contribution in [0.3, 0.4) is 0 Å². The molecular formula is C12H20ClN5O. The fraction of sp³-hybridized carbons (Fsp3) is 0.583. The van der Waals surface area contributed by atoms with Crippen molar-refractivity contribution < 1.29 is 4.79 Å². The monoisotopic (exact) mass is 285 g/mol. The second kappa shape index (κ2) is 7.13. The first-order valence-electron chi connectivity index (χ1n) is 6.12. The van der Waals surface area contributed by atoms with Gasteiger partial charge in [-0.15, -0.1) is 0 Å². The van der Waals surface area contributed by atoms with Gasteiger partial charge in [-0.1, -0.05) is 25.4 Å². The first kappa shape index (κ1) is 15.5. The van der Waals surface area contributed by atoms with Gasteiger partial charge in [0.15, 0.2) is 5.82 Å². The second-order valence-corrected chi connectivity index (χ2v) is 5.08. The Morgan fingerprint density at radius 1 is 1.53 bits per heavy atom. The van der Waals surface area contributed by atoms with E-state index in [-0.39, 0.29) is 12.5 Å². The molecule has 1 heterocycles. The van der Waals surface area contributed by atoms with Crippen LogP contribution < -0.4 is 15.5 Å². The first-order valence-corrected chi connectivity index (χ1v) is 6.50. The van der Waals surface area contributed by atoms with Crippen LogP contribution in [0.25, 0.3) is 0 Å². The molecule has 0 aromatic carbocycles. The molecule has 6 nitrogen and oxygen atoms in total. The van der Waals surface area contributed by atoms with Gasteiger partial charge < -0.3 is 15.5 Å². The predicted octanol–water partition coefficient (Wildman–Crippen LogP) is 1.38. The number of nitrogens with zero attached hydrogens (tertiary/aromatic N) is 3. The molecule has 106 valence electrons. The number of amides is 1. The fourth-order valence-electron chi connectivity index (χ4n) is 1.41. The molecule has 0 aliphatic rings. The van der Waals surface area contributed by atoms with Crippen LogP contribution in [-0.2, 0) is 4.79 Å². The Hall–Kier alpha value is -1.56. The molecular weight excluding hydrogens is 266 g/mol. The van der Waals surface area contributed by atoms with E-state index in [0.29, 0.717) is 29.3 Å². The van der Waals surface area contributed by atoms with Crippen molar-refractivity contribution >= 4 is 29.3 Å². The number of carbonyl (C=O) groups is 1. The van der Waals surface area contributed by atoms with Gasteiger partial charge in [0, 0.05) is 20.6 Å². The van der Waals surface area contributed by atoms with Crippen molar-refractivity contribution in [3.63, 3.8) is 0 Å². The predicted molar refractivity (Wildman–Crippen MR) is 77.7 cm³/mol. The van der Waals surface area contributed by atoms with Crippen LogP contribution in [-0.4, -0.2) is 43.1 Å². The van der Waals surface area contributed by atoms with E-state index >= 15 is 0 Å². The molecule has 0 saturated heterocycles. The molecule has 0 bridgehead atoms. The minimum Gasteiger partial charge on any atom is -0.357 e. The Bertz CT molecular complexity index is 438. The summed E-state index contributed by atoms with van der Waals surface area (Å²) >= 11 is 6.03. The average Bonchev–Trinajstić information content (AvgIpc) is 2.36. The van der Waals surface area contributed by atoms with Crippen molar-refractivity contribution in [3.8, 4) is 0 Å². The Kier molecular flexibility index (Phi) is 5.82. The lowest BCUT2D eigenvalue weighted by Gasteiger charge is -2.19. The van der Waals surface area contributed by atoms with E-state index in [4.69, 9.17) is 11.6 Å². The lowest BCUT2D eigenvalue weighted by Crippen LogP contribution is -2.37. The van der Waals surface area contributed by atoms with Crippen molar-refractivity contribution in [1.82, 2.24) is 15.3 Å². The standard InChI is InChI=1S/C12H20ClN5O/c1-8(2)5-15-10(19)7-18(4)11-9(13)6-16-12(14-3)17-11/h6,8H,5,7H2,1-4H3,(H,15,19)(H,14,16,17). The number of halogens is 1. The molecule has 0 aliphatic heterocycles. The van der Waals surface area contributed by atoms with Gasteiger partial charge in [0.25, 0.3) is 0 Å². The van der Waals surface area contributed by atoms with Crippen molar-refractivity contribution in [2.45, 2.75) is 13.8 Å². The van der Waals surface area contributed by atoms with E-state index in [1.54, 1.807) is 19.0 Å². The largest absolute Gasteiger partial charge is 0.357 e. The van der Waals surface area contributed by atoms with Crippen molar-refractivity contribution in [1.29, 1.82) is 0 Å². The highest BCUT2D eigenvalue weighted by Gasteiger charge is 2.13. The quantitative estimate of drug-likeness (QED) is 0.826. The lowest BCUT2D eigenvalue weighted by atomic mass is 10.2. The number of aromatic nitrogens is 2. The van der Waals surface area contributed by atoms with E-state index in [2.05, 4.69) is 20.6 Å². The van der Waals surface area contributed by atoms with Crippen LogP contribution >= 0.6 is 11.6 Å². The maximum atomic E-state index is 11.7. The highest BCUT2D eigenvalue weighted by molar-refractivity contribution is 6.32. The minimum atomic E-state index is -0.0584. The third-order valence-electron chi connectivity index (χ3n) is 2.40.